The number of amides is 2. The van der Waals surface area contributed by atoms with E-state index in [1.807, 2.05) is 0 Å². The standard InChI is InChI=1S/C15H21FN2O2/c1-2-15(7-8-15)10-18-14(20)17-9-13(19)11-5-3-4-6-12(11)16/h3-6,13,19H,2,7-10H2,1H3,(H2,17,18,20). The molecule has 110 valence electrons. The van der Waals surface area contributed by atoms with E-state index in [9.17, 15) is 14.3 Å². The van der Waals surface area contributed by atoms with Gasteiger partial charge in [-0.15, -0.1) is 0 Å². The maximum absolute atomic E-state index is 13.4. The molecule has 0 radical (unpaired) electrons. The highest BCUT2D eigenvalue weighted by atomic mass is 19.1. The van der Waals surface area contributed by atoms with Crippen molar-refractivity contribution in [2.75, 3.05) is 13.1 Å². The predicted octanol–water partition coefficient (Wildman–Crippen LogP) is 2.35. The second-order valence-electron chi connectivity index (χ2n) is 5.45. The third-order valence-electron chi connectivity index (χ3n) is 4.05. The van der Waals surface area contributed by atoms with Crippen molar-refractivity contribution in [3.63, 3.8) is 0 Å². The Labute approximate surface area is 118 Å². The van der Waals surface area contributed by atoms with Crippen LogP contribution in [0, 0.1) is 11.2 Å². The monoisotopic (exact) mass is 280 g/mol. The lowest BCUT2D eigenvalue weighted by Crippen LogP contribution is -2.40. The number of carbonyl (C=O) groups is 1. The molecule has 0 aromatic heterocycles. The van der Waals surface area contributed by atoms with Crippen LogP contribution in [0.3, 0.4) is 0 Å². The summed E-state index contributed by atoms with van der Waals surface area (Å²) in [6, 6.07) is 5.69. The smallest absolute Gasteiger partial charge is 0.314 e. The summed E-state index contributed by atoms with van der Waals surface area (Å²) in [5.41, 5.74) is 0.474. The van der Waals surface area contributed by atoms with Gasteiger partial charge < -0.3 is 15.7 Å². The highest BCUT2D eigenvalue weighted by molar-refractivity contribution is 5.73. The molecule has 3 N–H and O–H groups in total. The van der Waals surface area contributed by atoms with Gasteiger partial charge in [0, 0.05) is 18.7 Å². The molecular formula is C15H21FN2O2. The van der Waals surface area contributed by atoms with E-state index < -0.39 is 11.9 Å². The van der Waals surface area contributed by atoms with Crippen molar-refractivity contribution in [1.82, 2.24) is 10.6 Å². The molecule has 0 bridgehead atoms. The van der Waals surface area contributed by atoms with Crippen LogP contribution in [0.15, 0.2) is 24.3 Å². The molecule has 1 unspecified atom stereocenters. The lowest BCUT2D eigenvalue weighted by atomic mass is 10.0. The molecule has 1 aromatic carbocycles. The molecule has 1 aliphatic rings. The van der Waals surface area contributed by atoms with E-state index in [1.165, 1.54) is 12.1 Å². The SMILES string of the molecule is CCC1(CNC(=O)NCC(O)c2ccccc2F)CC1. The van der Waals surface area contributed by atoms with Gasteiger partial charge in [-0.3, -0.25) is 0 Å². The second kappa shape index (κ2) is 6.22. The zero-order valence-corrected chi connectivity index (χ0v) is 11.7. The minimum atomic E-state index is -1.04. The van der Waals surface area contributed by atoms with E-state index in [1.54, 1.807) is 12.1 Å². The molecule has 0 aliphatic heterocycles. The van der Waals surface area contributed by atoms with Crippen LogP contribution in [0.5, 0.6) is 0 Å². The minimum Gasteiger partial charge on any atom is -0.386 e. The number of carbonyl (C=O) groups excluding carboxylic acids is 1. The second-order valence-corrected chi connectivity index (χ2v) is 5.45. The van der Waals surface area contributed by atoms with Crippen LogP contribution >= 0.6 is 0 Å². The van der Waals surface area contributed by atoms with Gasteiger partial charge in [0.1, 0.15) is 5.82 Å². The van der Waals surface area contributed by atoms with E-state index in [2.05, 4.69) is 17.6 Å². The van der Waals surface area contributed by atoms with E-state index in [-0.39, 0.29) is 23.6 Å². The first-order chi connectivity index (χ1) is 9.56. The van der Waals surface area contributed by atoms with E-state index in [0.717, 1.165) is 19.3 Å². The van der Waals surface area contributed by atoms with E-state index in [4.69, 9.17) is 0 Å². The number of aliphatic hydroxyl groups excluding tert-OH is 1. The molecule has 2 rings (SSSR count). The van der Waals surface area contributed by atoms with Gasteiger partial charge in [-0.1, -0.05) is 25.1 Å². The van der Waals surface area contributed by atoms with Crippen molar-refractivity contribution in [3.05, 3.63) is 35.6 Å². The van der Waals surface area contributed by atoms with Crippen molar-refractivity contribution >= 4 is 6.03 Å². The summed E-state index contributed by atoms with van der Waals surface area (Å²) in [7, 11) is 0. The largest absolute Gasteiger partial charge is 0.386 e. The highest BCUT2D eigenvalue weighted by Gasteiger charge is 2.40. The fourth-order valence-corrected chi connectivity index (χ4v) is 2.21. The number of hydrogen-bond donors (Lipinski definition) is 3. The first kappa shape index (κ1) is 14.8. The zero-order valence-electron chi connectivity index (χ0n) is 11.7. The molecular weight excluding hydrogens is 259 g/mol. The van der Waals surface area contributed by atoms with Crippen LogP contribution in [0.4, 0.5) is 9.18 Å². The Morgan fingerprint density at radius 1 is 1.40 bits per heavy atom. The zero-order chi connectivity index (χ0) is 14.6. The van der Waals surface area contributed by atoms with Crippen molar-refractivity contribution in [2.45, 2.75) is 32.3 Å². The topological polar surface area (TPSA) is 61.4 Å². The molecule has 4 nitrogen and oxygen atoms in total. The molecule has 1 aromatic rings. The maximum Gasteiger partial charge on any atom is 0.314 e. The van der Waals surface area contributed by atoms with E-state index in [0.29, 0.717) is 6.54 Å². The van der Waals surface area contributed by atoms with Crippen LogP contribution in [0.25, 0.3) is 0 Å². The fraction of sp³-hybridized carbons (Fsp3) is 0.533. The van der Waals surface area contributed by atoms with Gasteiger partial charge >= 0.3 is 6.03 Å². The van der Waals surface area contributed by atoms with Crippen LogP contribution in [-0.4, -0.2) is 24.2 Å². The van der Waals surface area contributed by atoms with Crippen LogP contribution < -0.4 is 10.6 Å². The Bertz CT molecular complexity index is 475. The molecule has 0 saturated heterocycles. The Morgan fingerprint density at radius 3 is 2.70 bits per heavy atom. The van der Waals surface area contributed by atoms with Crippen molar-refractivity contribution < 1.29 is 14.3 Å². The van der Waals surface area contributed by atoms with Gasteiger partial charge in [0.15, 0.2) is 0 Å². The number of rotatable bonds is 6. The number of benzene rings is 1. The average Bonchev–Trinajstić information content (AvgIpc) is 3.24. The van der Waals surface area contributed by atoms with Crippen LogP contribution in [-0.2, 0) is 0 Å². The number of hydrogen-bond acceptors (Lipinski definition) is 2. The Morgan fingerprint density at radius 2 is 2.10 bits per heavy atom. The minimum absolute atomic E-state index is 0.00804. The summed E-state index contributed by atoms with van der Waals surface area (Å²) in [5, 5.41) is 15.2. The summed E-state index contributed by atoms with van der Waals surface area (Å²) in [4.78, 5) is 11.6. The summed E-state index contributed by atoms with van der Waals surface area (Å²) < 4.78 is 13.4. The summed E-state index contributed by atoms with van der Waals surface area (Å²) in [6.07, 6.45) is 2.33. The predicted molar refractivity (Wildman–Crippen MR) is 74.7 cm³/mol. The Balaban J connectivity index is 1.74. The molecule has 1 aliphatic carbocycles. The van der Waals surface area contributed by atoms with Crippen molar-refractivity contribution in [1.29, 1.82) is 0 Å². The van der Waals surface area contributed by atoms with Gasteiger partial charge in [0.2, 0.25) is 0 Å². The normalized spacial score (nSPS) is 17.4. The van der Waals surface area contributed by atoms with Crippen LogP contribution in [0.1, 0.15) is 37.9 Å². The number of aliphatic hydroxyl groups is 1. The van der Waals surface area contributed by atoms with Gasteiger partial charge in [0.25, 0.3) is 0 Å². The molecule has 1 saturated carbocycles. The van der Waals surface area contributed by atoms with E-state index >= 15 is 0 Å². The maximum atomic E-state index is 13.4. The third kappa shape index (κ3) is 3.70. The average molecular weight is 280 g/mol. The lowest BCUT2D eigenvalue weighted by molar-refractivity contribution is 0.168. The molecule has 1 atom stereocenters. The number of urea groups is 1. The highest BCUT2D eigenvalue weighted by Crippen LogP contribution is 2.47. The molecule has 0 spiro atoms. The first-order valence-corrected chi connectivity index (χ1v) is 7.00. The molecule has 5 heteroatoms. The fourth-order valence-electron chi connectivity index (χ4n) is 2.21. The summed E-state index contributed by atoms with van der Waals surface area (Å²) in [6.45, 7) is 2.77. The van der Waals surface area contributed by atoms with Gasteiger partial charge in [-0.2, -0.15) is 0 Å². The van der Waals surface area contributed by atoms with Crippen molar-refractivity contribution in [3.8, 4) is 0 Å². The molecule has 20 heavy (non-hydrogen) atoms. The van der Waals surface area contributed by atoms with Gasteiger partial charge in [0.05, 0.1) is 6.10 Å². The molecule has 0 heterocycles. The molecule has 1 fully saturated rings. The number of nitrogens with one attached hydrogen (secondary N) is 2. The van der Waals surface area contributed by atoms with Gasteiger partial charge in [-0.25, -0.2) is 9.18 Å². The lowest BCUT2D eigenvalue weighted by Gasteiger charge is -2.16. The summed E-state index contributed by atoms with van der Waals surface area (Å²) in [5.74, 6) is -0.467. The van der Waals surface area contributed by atoms with Gasteiger partial charge in [-0.05, 0) is 30.7 Å². The number of halogens is 1. The quantitative estimate of drug-likeness (QED) is 0.749. The third-order valence-corrected chi connectivity index (χ3v) is 4.05. The van der Waals surface area contributed by atoms with Crippen molar-refractivity contribution in [2.24, 2.45) is 5.41 Å². The first-order valence-electron chi connectivity index (χ1n) is 7.00. The molecule has 2 amide bonds. The Kier molecular flexibility index (Phi) is 4.60. The Hall–Kier alpha value is -1.62. The van der Waals surface area contributed by atoms with Crippen LogP contribution in [0.2, 0.25) is 0 Å². The summed E-state index contributed by atoms with van der Waals surface area (Å²) >= 11 is 0.